The smallest absolute Gasteiger partial charge is 0.234 e. The number of hydrogen-bond acceptors (Lipinski definition) is 5. The van der Waals surface area contributed by atoms with Crippen molar-refractivity contribution in [3.05, 3.63) is 29.0 Å². The van der Waals surface area contributed by atoms with Gasteiger partial charge >= 0.3 is 0 Å². The first-order chi connectivity index (χ1) is 9.70. The first-order valence-corrected chi connectivity index (χ1v) is 7.69. The van der Waals surface area contributed by atoms with Gasteiger partial charge in [0.1, 0.15) is 5.01 Å². The minimum Gasteiger partial charge on any atom is -0.399 e. The van der Waals surface area contributed by atoms with Crippen molar-refractivity contribution in [3.63, 3.8) is 0 Å². The van der Waals surface area contributed by atoms with E-state index in [0.717, 1.165) is 21.4 Å². The number of halogens is 1. The summed E-state index contributed by atoms with van der Waals surface area (Å²) in [5.41, 5.74) is 7.39. The molecular weight excluding hydrogens is 294 g/mol. The minimum atomic E-state index is 0.504. The van der Waals surface area contributed by atoms with E-state index in [-0.39, 0.29) is 0 Å². The second kappa shape index (κ2) is 4.43. The van der Waals surface area contributed by atoms with Crippen molar-refractivity contribution in [3.8, 4) is 10.6 Å². The summed E-state index contributed by atoms with van der Waals surface area (Å²) in [5, 5.41) is 14.6. The molecule has 0 spiro atoms. The Morgan fingerprint density at radius 2 is 2.10 bits per heavy atom. The van der Waals surface area contributed by atoms with Gasteiger partial charge in [-0.15, -0.1) is 10.2 Å². The van der Waals surface area contributed by atoms with Gasteiger partial charge in [0.05, 0.1) is 0 Å². The molecule has 0 aliphatic heterocycles. The third-order valence-corrected chi connectivity index (χ3v) is 4.82. The Labute approximate surface area is 124 Å². The summed E-state index contributed by atoms with van der Waals surface area (Å²) in [6.45, 7) is 0. The van der Waals surface area contributed by atoms with Crippen LogP contribution in [-0.4, -0.2) is 19.8 Å². The van der Waals surface area contributed by atoms with E-state index in [1.807, 2.05) is 16.6 Å². The summed E-state index contributed by atoms with van der Waals surface area (Å²) in [7, 11) is 0. The number of fused-ring (bicyclic) bond motifs is 1. The van der Waals surface area contributed by atoms with Gasteiger partial charge in [-0.1, -0.05) is 29.4 Å². The van der Waals surface area contributed by atoms with Crippen LogP contribution in [0.5, 0.6) is 0 Å². The zero-order valence-corrected chi connectivity index (χ0v) is 12.2. The highest BCUT2D eigenvalue weighted by Crippen LogP contribution is 2.37. The quantitative estimate of drug-likeness (QED) is 0.737. The van der Waals surface area contributed by atoms with Gasteiger partial charge in [0.15, 0.2) is 5.82 Å². The van der Waals surface area contributed by atoms with Crippen LogP contribution in [0, 0.1) is 0 Å². The number of benzene rings is 1. The number of aromatic nitrogens is 4. The van der Waals surface area contributed by atoms with E-state index < -0.39 is 0 Å². The van der Waals surface area contributed by atoms with Crippen molar-refractivity contribution < 1.29 is 0 Å². The van der Waals surface area contributed by atoms with E-state index in [1.54, 1.807) is 6.07 Å². The van der Waals surface area contributed by atoms with Crippen molar-refractivity contribution in [2.45, 2.75) is 25.2 Å². The van der Waals surface area contributed by atoms with Crippen LogP contribution in [0.4, 0.5) is 5.69 Å². The van der Waals surface area contributed by atoms with Gasteiger partial charge in [0.25, 0.3) is 0 Å². The molecule has 0 amide bonds. The van der Waals surface area contributed by atoms with Gasteiger partial charge in [-0.25, -0.2) is 0 Å². The Kier molecular flexibility index (Phi) is 2.68. The summed E-state index contributed by atoms with van der Waals surface area (Å²) in [5.74, 6) is 1.48. The van der Waals surface area contributed by atoms with Crippen molar-refractivity contribution >= 4 is 33.6 Å². The van der Waals surface area contributed by atoms with E-state index in [2.05, 4.69) is 15.3 Å². The zero-order valence-electron chi connectivity index (χ0n) is 10.6. The standard InChI is InChI=1S/C13H12ClN5S/c14-9-4-8(5-10(15)6-9)12-18-19-11(7-2-1-3-7)16-17-13(19)20-12/h4-7H,1-3,15H2. The largest absolute Gasteiger partial charge is 0.399 e. The van der Waals surface area contributed by atoms with Crippen LogP contribution in [0.1, 0.15) is 31.0 Å². The number of anilines is 1. The summed E-state index contributed by atoms with van der Waals surface area (Å²) in [6.07, 6.45) is 3.62. The van der Waals surface area contributed by atoms with Crippen molar-refractivity contribution in [1.29, 1.82) is 0 Å². The van der Waals surface area contributed by atoms with Crippen LogP contribution in [0.3, 0.4) is 0 Å². The maximum atomic E-state index is 6.05. The van der Waals surface area contributed by atoms with E-state index in [4.69, 9.17) is 17.3 Å². The van der Waals surface area contributed by atoms with Crippen LogP contribution in [0.15, 0.2) is 18.2 Å². The molecule has 0 atom stereocenters. The predicted octanol–water partition coefficient (Wildman–Crippen LogP) is 3.36. The normalized spacial score (nSPS) is 15.7. The van der Waals surface area contributed by atoms with Crippen LogP contribution >= 0.6 is 22.9 Å². The van der Waals surface area contributed by atoms with E-state index in [1.165, 1.54) is 30.6 Å². The number of nitrogens with two attached hydrogens (primary N) is 1. The fourth-order valence-corrected chi connectivity index (χ4v) is 3.48. The third kappa shape index (κ3) is 1.87. The first-order valence-electron chi connectivity index (χ1n) is 6.49. The lowest BCUT2D eigenvalue weighted by Gasteiger charge is -2.22. The fourth-order valence-electron chi connectivity index (χ4n) is 2.41. The molecule has 2 heterocycles. The molecule has 0 unspecified atom stereocenters. The van der Waals surface area contributed by atoms with E-state index in [0.29, 0.717) is 16.6 Å². The lowest BCUT2D eigenvalue weighted by atomic mass is 9.85. The predicted molar refractivity (Wildman–Crippen MR) is 80.1 cm³/mol. The molecule has 1 aliphatic carbocycles. The topological polar surface area (TPSA) is 69.1 Å². The highest BCUT2D eigenvalue weighted by Gasteiger charge is 2.26. The zero-order chi connectivity index (χ0) is 13.7. The molecule has 2 aromatic heterocycles. The summed E-state index contributed by atoms with van der Waals surface area (Å²) < 4.78 is 1.86. The number of rotatable bonds is 2. The van der Waals surface area contributed by atoms with Crippen molar-refractivity contribution in [1.82, 2.24) is 19.8 Å². The summed E-state index contributed by atoms with van der Waals surface area (Å²) in [4.78, 5) is 0.820. The molecule has 2 N–H and O–H groups in total. The van der Waals surface area contributed by atoms with Gasteiger partial charge in [0, 0.05) is 22.2 Å². The van der Waals surface area contributed by atoms with Crippen molar-refractivity contribution in [2.24, 2.45) is 0 Å². The van der Waals surface area contributed by atoms with Crippen LogP contribution in [-0.2, 0) is 0 Å². The molecule has 0 radical (unpaired) electrons. The molecule has 4 rings (SSSR count). The molecule has 102 valence electrons. The maximum absolute atomic E-state index is 6.05. The Morgan fingerprint density at radius 1 is 1.25 bits per heavy atom. The Balaban J connectivity index is 1.82. The highest BCUT2D eigenvalue weighted by molar-refractivity contribution is 7.19. The molecule has 1 fully saturated rings. The maximum Gasteiger partial charge on any atom is 0.234 e. The van der Waals surface area contributed by atoms with Gasteiger partial charge in [-0.3, -0.25) is 0 Å². The molecule has 0 saturated heterocycles. The number of nitrogen functional groups attached to an aromatic ring is 1. The molecule has 20 heavy (non-hydrogen) atoms. The van der Waals surface area contributed by atoms with Gasteiger partial charge in [0.2, 0.25) is 4.96 Å². The Bertz CT molecular complexity index is 769. The molecule has 3 aromatic rings. The van der Waals surface area contributed by atoms with Gasteiger partial charge < -0.3 is 5.73 Å². The molecule has 1 aliphatic rings. The summed E-state index contributed by atoms with van der Waals surface area (Å²) >= 11 is 7.55. The van der Waals surface area contributed by atoms with Gasteiger partial charge in [-0.2, -0.15) is 9.61 Å². The Morgan fingerprint density at radius 3 is 2.80 bits per heavy atom. The second-order valence-electron chi connectivity index (χ2n) is 5.06. The van der Waals surface area contributed by atoms with Crippen LogP contribution < -0.4 is 5.73 Å². The SMILES string of the molecule is Nc1cc(Cl)cc(-c2nn3c(C4CCC4)nnc3s2)c1. The molecule has 7 heteroatoms. The average Bonchev–Trinajstić information content (AvgIpc) is 2.87. The average molecular weight is 306 g/mol. The number of nitrogens with zero attached hydrogens (tertiary/aromatic N) is 4. The highest BCUT2D eigenvalue weighted by atomic mass is 35.5. The minimum absolute atomic E-state index is 0.504. The molecule has 1 aromatic carbocycles. The molecular formula is C13H12ClN5S. The van der Waals surface area contributed by atoms with Crippen LogP contribution in [0.25, 0.3) is 15.5 Å². The lowest BCUT2D eigenvalue weighted by Crippen LogP contribution is -2.12. The van der Waals surface area contributed by atoms with Crippen LogP contribution in [0.2, 0.25) is 5.02 Å². The third-order valence-electron chi connectivity index (χ3n) is 3.65. The number of hydrogen-bond donors (Lipinski definition) is 1. The van der Waals surface area contributed by atoms with E-state index in [9.17, 15) is 0 Å². The van der Waals surface area contributed by atoms with E-state index >= 15 is 0 Å². The molecule has 0 bridgehead atoms. The molecule has 1 saturated carbocycles. The summed E-state index contributed by atoms with van der Waals surface area (Å²) in [6, 6.07) is 5.47. The van der Waals surface area contributed by atoms with Crippen molar-refractivity contribution in [2.75, 3.05) is 5.73 Å². The monoisotopic (exact) mass is 305 g/mol. The second-order valence-corrected chi connectivity index (χ2v) is 6.45. The fraction of sp³-hybridized carbons (Fsp3) is 0.308. The lowest BCUT2D eigenvalue weighted by molar-refractivity contribution is 0.395. The first kappa shape index (κ1) is 12.1. The Hall–Kier alpha value is -1.66. The van der Waals surface area contributed by atoms with Gasteiger partial charge in [-0.05, 0) is 31.0 Å². The molecule has 5 nitrogen and oxygen atoms in total.